The van der Waals surface area contributed by atoms with Gasteiger partial charge in [-0.2, -0.15) is 0 Å². The van der Waals surface area contributed by atoms with Crippen molar-refractivity contribution in [3.05, 3.63) is 34.2 Å². The van der Waals surface area contributed by atoms with Gasteiger partial charge in [0.2, 0.25) is 0 Å². The first-order valence-corrected chi connectivity index (χ1v) is 5.12. The number of aromatic nitrogens is 1. The Balaban J connectivity index is 2.35. The second-order valence-corrected chi connectivity index (χ2v) is 3.59. The average molecular weight is 207 g/mol. The molecule has 0 saturated heterocycles. The standard InChI is InChI=1S/C11H13NO3/c1-2-15-11(14)9-4-3-7-12(10(9)13)8-5-6-8/h3-4,7-8H,2,5-6H2,1H3. The van der Waals surface area contributed by atoms with Gasteiger partial charge in [0.25, 0.3) is 5.56 Å². The Hall–Kier alpha value is -1.58. The fourth-order valence-corrected chi connectivity index (χ4v) is 1.51. The molecule has 15 heavy (non-hydrogen) atoms. The molecule has 1 heterocycles. The van der Waals surface area contributed by atoms with Crippen molar-refractivity contribution in [1.29, 1.82) is 0 Å². The lowest BCUT2D eigenvalue weighted by Crippen LogP contribution is -2.26. The quantitative estimate of drug-likeness (QED) is 0.703. The van der Waals surface area contributed by atoms with Crippen molar-refractivity contribution in [2.45, 2.75) is 25.8 Å². The highest BCUT2D eigenvalue weighted by Gasteiger charge is 2.26. The fraction of sp³-hybridized carbons (Fsp3) is 0.455. The summed E-state index contributed by atoms with van der Waals surface area (Å²) in [5, 5.41) is 0. The number of nitrogens with zero attached hydrogens (tertiary/aromatic N) is 1. The second-order valence-electron chi connectivity index (χ2n) is 3.59. The van der Waals surface area contributed by atoms with E-state index in [0.717, 1.165) is 12.8 Å². The van der Waals surface area contributed by atoms with E-state index in [1.165, 1.54) is 6.07 Å². The lowest BCUT2D eigenvalue weighted by molar-refractivity contribution is 0.0523. The third kappa shape index (κ3) is 1.93. The summed E-state index contributed by atoms with van der Waals surface area (Å²) in [6, 6.07) is 3.51. The summed E-state index contributed by atoms with van der Waals surface area (Å²) in [4.78, 5) is 23.3. The maximum absolute atomic E-state index is 11.8. The number of rotatable bonds is 3. The van der Waals surface area contributed by atoms with Crippen molar-refractivity contribution < 1.29 is 9.53 Å². The third-order valence-electron chi connectivity index (χ3n) is 2.41. The molecule has 1 fully saturated rings. The van der Waals surface area contributed by atoms with Gasteiger partial charge in [0.15, 0.2) is 0 Å². The topological polar surface area (TPSA) is 48.3 Å². The van der Waals surface area contributed by atoms with E-state index in [1.54, 1.807) is 23.8 Å². The summed E-state index contributed by atoms with van der Waals surface area (Å²) in [6.45, 7) is 2.01. The van der Waals surface area contributed by atoms with E-state index in [1.807, 2.05) is 0 Å². The number of carbonyl (C=O) groups is 1. The van der Waals surface area contributed by atoms with Gasteiger partial charge in [0.1, 0.15) is 5.56 Å². The van der Waals surface area contributed by atoms with Gasteiger partial charge in [-0.25, -0.2) is 4.79 Å². The second kappa shape index (κ2) is 3.88. The van der Waals surface area contributed by atoms with Crippen LogP contribution in [0.3, 0.4) is 0 Å². The van der Waals surface area contributed by atoms with E-state index in [4.69, 9.17) is 4.74 Å². The summed E-state index contributed by atoms with van der Waals surface area (Å²) >= 11 is 0. The Morgan fingerprint density at radius 1 is 1.60 bits per heavy atom. The van der Waals surface area contributed by atoms with Crippen LogP contribution >= 0.6 is 0 Å². The normalized spacial score (nSPS) is 15.0. The average Bonchev–Trinajstić information content (AvgIpc) is 3.02. The molecule has 80 valence electrons. The van der Waals surface area contributed by atoms with Crippen LogP contribution in [0.4, 0.5) is 0 Å². The predicted molar refractivity (Wildman–Crippen MR) is 54.9 cm³/mol. The minimum atomic E-state index is -0.530. The van der Waals surface area contributed by atoms with Crippen LogP contribution < -0.4 is 5.56 Å². The molecule has 1 aromatic rings. The number of ether oxygens (including phenoxy) is 1. The van der Waals surface area contributed by atoms with Crippen LogP contribution in [-0.2, 0) is 4.74 Å². The van der Waals surface area contributed by atoms with Crippen LogP contribution in [-0.4, -0.2) is 17.1 Å². The highest BCUT2D eigenvalue weighted by atomic mass is 16.5. The van der Waals surface area contributed by atoms with Crippen LogP contribution in [0, 0.1) is 0 Å². The first-order chi connectivity index (χ1) is 7.24. The maximum Gasteiger partial charge on any atom is 0.343 e. The molecule has 1 aromatic heterocycles. The minimum Gasteiger partial charge on any atom is -0.462 e. The zero-order valence-electron chi connectivity index (χ0n) is 8.60. The zero-order valence-corrected chi connectivity index (χ0v) is 8.60. The molecule has 0 amide bonds. The molecular weight excluding hydrogens is 194 g/mol. The van der Waals surface area contributed by atoms with Crippen LogP contribution in [0.15, 0.2) is 23.1 Å². The Morgan fingerprint density at radius 3 is 2.93 bits per heavy atom. The molecule has 2 rings (SSSR count). The fourth-order valence-electron chi connectivity index (χ4n) is 1.51. The molecule has 0 unspecified atom stereocenters. The molecule has 0 aromatic carbocycles. The summed E-state index contributed by atoms with van der Waals surface area (Å²) < 4.78 is 6.43. The molecule has 1 saturated carbocycles. The van der Waals surface area contributed by atoms with E-state index in [2.05, 4.69) is 0 Å². The molecule has 1 aliphatic rings. The zero-order chi connectivity index (χ0) is 10.8. The predicted octanol–water partition coefficient (Wildman–Crippen LogP) is 1.36. The Morgan fingerprint density at radius 2 is 2.33 bits per heavy atom. The van der Waals surface area contributed by atoms with Crippen LogP contribution in [0.25, 0.3) is 0 Å². The Labute approximate surface area is 87.5 Å². The number of carbonyl (C=O) groups excluding carboxylic acids is 1. The lowest BCUT2D eigenvalue weighted by atomic mass is 10.3. The smallest absolute Gasteiger partial charge is 0.343 e. The van der Waals surface area contributed by atoms with E-state index >= 15 is 0 Å². The Kier molecular flexibility index (Phi) is 2.58. The van der Waals surface area contributed by atoms with Crippen molar-refractivity contribution in [2.75, 3.05) is 6.61 Å². The van der Waals surface area contributed by atoms with Gasteiger partial charge in [-0.15, -0.1) is 0 Å². The highest BCUT2D eigenvalue weighted by molar-refractivity contribution is 5.88. The van der Waals surface area contributed by atoms with Crippen molar-refractivity contribution >= 4 is 5.97 Å². The molecule has 0 radical (unpaired) electrons. The monoisotopic (exact) mass is 207 g/mol. The number of hydrogen-bond donors (Lipinski definition) is 0. The van der Waals surface area contributed by atoms with Gasteiger partial charge in [0.05, 0.1) is 6.61 Å². The maximum atomic E-state index is 11.8. The van der Waals surface area contributed by atoms with Gasteiger partial charge < -0.3 is 9.30 Å². The number of esters is 1. The van der Waals surface area contributed by atoms with E-state index in [0.29, 0.717) is 0 Å². The molecule has 0 spiro atoms. The van der Waals surface area contributed by atoms with Gasteiger partial charge in [-0.05, 0) is 31.9 Å². The van der Waals surface area contributed by atoms with Crippen molar-refractivity contribution in [2.24, 2.45) is 0 Å². The summed E-state index contributed by atoms with van der Waals surface area (Å²) in [7, 11) is 0. The molecule has 1 aliphatic carbocycles. The van der Waals surface area contributed by atoms with Crippen molar-refractivity contribution in [1.82, 2.24) is 4.57 Å². The molecule has 4 nitrogen and oxygen atoms in total. The highest BCUT2D eigenvalue weighted by Crippen LogP contribution is 2.33. The molecule has 0 N–H and O–H groups in total. The van der Waals surface area contributed by atoms with Crippen LogP contribution in [0.2, 0.25) is 0 Å². The van der Waals surface area contributed by atoms with E-state index in [9.17, 15) is 9.59 Å². The Bertz CT molecular complexity index is 432. The van der Waals surface area contributed by atoms with Gasteiger partial charge in [0, 0.05) is 12.2 Å². The first kappa shape index (κ1) is 9.96. The molecule has 4 heteroatoms. The summed E-state index contributed by atoms with van der Waals surface area (Å²) in [5.74, 6) is -0.530. The molecule has 0 aliphatic heterocycles. The summed E-state index contributed by atoms with van der Waals surface area (Å²) in [5.41, 5.74) is -0.107. The number of pyridine rings is 1. The third-order valence-corrected chi connectivity index (χ3v) is 2.41. The largest absolute Gasteiger partial charge is 0.462 e. The molecule has 0 bridgehead atoms. The number of hydrogen-bond acceptors (Lipinski definition) is 3. The van der Waals surface area contributed by atoms with E-state index < -0.39 is 5.97 Å². The van der Waals surface area contributed by atoms with E-state index in [-0.39, 0.29) is 23.8 Å². The lowest BCUT2D eigenvalue weighted by Gasteiger charge is -2.05. The molecular formula is C11H13NO3. The van der Waals surface area contributed by atoms with Gasteiger partial charge in [-0.3, -0.25) is 4.79 Å². The first-order valence-electron chi connectivity index (χ1n) is 5.12. The summed E-state index contributed by atoms with van der Waals surface area (Å²) in [6.07, 6.45) is 3.76. The molecule has 0 atom stereocenters. The van der Waals surface area contributed by atoms with Crippen molar-refractivity contribution in [3.8, 4) is 0 Å². The minimum absolute atomic E-state index is 0.131. The SMILES string of the molecule is CCOC(=O)c1cccn(C2CC2)c1=O. The van der Waals surface area contributed by atoms with Gasteiger partial charge in [-0.1, -0.05) is 0 Å². The van der Waals surface area contributed by atoms with Crippen LogP contribution in [0.1, 0.15) is 36.2 Å². The van der Waals surface area contributed by atoms with Crippen LogP contribution in [0.5, 0.6) is 0 Å². The van der Waals surface area contributed by atoms with Gasteiger partial charge >= 0.3 is 5.97 Å². The van der Waals surface area contributed by atoms with Crippen molar-refractivity contribution in [3.63, 3.8) is 0 Å².